The van der Waals surface area contributed by atoms with Gasteiger partial charge in [0, 0.05) is 29.3 Å². The second kappa shape index (κ2) is 10.9. The van der Waals surface area contributed by atoms with Crippen molar-refractivity contribution in [1.82, 2.24) is 5.32 Å². The van der Waals surface area contributed by atoms with Gasteiger partial charge in [-0.1, -0.05) is 31.5 Å². The Labute approximate surface area is 211 Å². The molecule has 0 amide bonds. The molecular weight excluding hydrogens is 458 g/mol. The summed E-state index contributed by atoms with van der Waals surface area (Å²) in [7, 11) is 3.18. The molecule has 0 unspecified atom stereocenters. The molecule has 1 heterocycles. The SMILES string of the molecule is CCCCOC(=O)C1=C(C)NC2=C(C(=O)C[C@H](c3ccc(OC)c(OC)c3)C2)[C@H]1c1cccc(O)c1. The van der Waals surface area contributed by atoms with E-state index < -0.39 is 11.9 Å². The number of Topliss-reactive ketones (excluding diaryl/α,β-unsaturated/α-hetero) is 1. The van der Waals surface area contributed by atoms with E-state index in [-0.39, 0.29) is 17.5 Å². The average Bonchev–Trinajstić information content (AvgIpc) is 2.87. The number of dihydropyridines is 1. The summed E-state index contributed by atoms with van der Waals surface area (Å²) >= 11 is 0. The average molecular weight is 492 g/mol. The molecule has 7 heteroatoms. The van der Waals surface area contributed by atoms with E-state index in [1.807, 2.05) is 38.1 Å². The molecule has 36 heavy (non-hydrogen) atoms. The highest BCUT2D eigenvalue weighted by atomic mass is 16.5. The molecule has 190 valence electrons. The molecule has 2 aromatic carbocycles. The maximum Gasteiger partial charge on any atom is 0.336 e. The van der Waals surface area contributed by atoms with Gasteiger partial charge in [0.1, 0.15) is 5.75 Å². The number of phenolic OH excluding ortho intramolecular Hbond substituents is 1. The van der Waals surface area contributed by atoms with Gasteiger partial charge in [0.15, 0.2) is 17.3 Å². The van der Waals surface area contributed by atoms with Gasteiger partial charge < -0.3 is 24.6 Å². The molecule has 2 atom stereocenters. The van der Waals surface area contributed by atoms with Crippen LogP contribution in [0.2, 0.25) is 0 Å². The number of methoxy groups -OCH3 is 2. The number of allylic oxidation sites excluding steroid dienone is 3. The van der Waals surface area contributed by atoms with E-state index in [9.17, 15) is 14.7 Å². The molecule has 1 aliphatic carbocycles. The van der Waals surface area contributed by atoms with Gasteiger partial charge in [-0.15, -0.1) is 0 Å². The summed E-state index contributed by atoms with van der Waals surface area (Å²) < 4.78 is 16.4. The first-order valence-electron chi connectivity index (χ1n) is 12.3. The zero-order chi connectivity index (χ0) is 25.8. The van der Waals surface area contributed by atoms with Gasteiger partial charge >= 0.3 is 5.97 Å². The maximum absolute atomic E-state index is 13.7. The lowest BCUT2D eigenvalue weighted by molar-refractivity contribution is -0.139. The molecule has 2 N–H and O–H groups in total. The molecule has 2 aromatic rings. The molecule has 0 aromatic heterocycles. The number of hydrogen-bond donors (Lipinski definition) is 2. The number of carbonyl (C=O) groups excluding carboxylic acids is 2. The molecule has 0 fully saturated rings. The molecule has 4 rings (SSSR count). The van der Waals surface area contributed by atoms with E-state index in [4.69, 9.17) is 14.2 Å². The molecule has 1 aliphatic heterocycles. The van der Waals surface area contributed by atoms with Crippen LogP contribution in [0.25, 0.3) is 0 Å². The Balaban J connectivity index is 1.74. The number of phenols is 1. The Bertz CT molecular complexity index is 1230. The fourth-order valence-corrected chi connectivity index (χ4v) is 5.08. The van der Waals surface area contributed by atoms with Gasteiger partial charge in [-0.05, 0) is 61.1 Å². The zero-order valence-corrected chi connectivity index (χ0v) is 21.2. The van der Waals surface area contributed by atoms with Crippen LogP contribution in [0.1, 0.15) is 62.5 Å². The Morgan fingerprint density at radius 2 is 1.83 bits per heavy atom. The van der Waals surface area contributed by atoms with E-state index in [1.165, 1.54) is 0 Å². The number of unbranched alkanes of at least 4 members (excludes halogenated alkanes) is 1. The standard InChI is InChI=1S/C29H33NO6/c1-5-6-12-36-29(33)26-17(2)30-22-14-20(18-10-11-24(34-3)25(16-18)35-4)15-23(32)28(22)27(26)19-8-7-9-21(31)13-19/h7-11,13,16,20,27,30-31H,5-6,12,14-15H2,1-4H3/t20-,27+/m1/s1. The molecule has 0 radical (unpaired) electrons. The largest absolute Gasteiger partial charge is 0.508 e. The van der Waals surface area contributed by atoms with Crippen LogP contribution in [0.4, 0.5) is 0 Å². The second-order valence-corrected chi connectivity index (χ2v) is 9.22. The molecule has 0 spiro atoms. The van der Waals surface area contributed by atoms with Crippen LogP contribution < -0.4 is 14.8 Å². The van der Waals surface area contributed by atoms with Crippen LogP contribution in [0, 0.1) is 0 Å². The van der Waals surface area contributed by atoms with Gasteiger partial charge in [0.05, 0.1) is 26.4 Å². The monoisotopic (exact) mass is 491 g/mol. The van der Waals surface area contributed by atoms with Crippen LogP contribution in [0.15, 0.2) is 65.0 Å². The Morgan fingerprint density at radius 3 is 2.53 bits per heavy atom. The summed E-state index contributed by atoms with van der Waals surface area (Å²) in [6.45, 7) is 4.18. The van der Waals surface area contributed by atoms with Crippen molar-refractivity contribution in [3.05, 3.63) is 76.1 Å². The fraction of sp³-hybridized carbons (Fsp3) is 0.379. The minimum absolute atomic E-state index is 0.0387. The number of ether oxygens (including phenoxy) is 3. The second-order valence-electron chi connectivity index (χ2n) is 9.22. The molecule has 7 nitrogen and oxygen atoms in total. The zero-order valence-electron chi connectivity index (χ0n) is 21.2. The van der Waals surface area contributed by atoms with E-state index in [1.54, 1.807) is 32.4 Å². The number of nitrogens with one attached hydrogen (secondary N) is 1. The number of ketones is 1. The molecule has 0 saturated heterocycles. The third kappa shape index (κ3) is 4.96. The minimum Gasteiger partial charge on any atom is -0.508 e. The lowest BCUT2D eigenvalue weighted by Crippen LogP contribution is -2.36. The molecule has 0 saturated carbocycles. The van der Waals surface area contributed by atoms with Gasteiger partial charge in [0.25, 0.3) is 0 Å². The quantitative estimate of drug-likeness (QED) is 0.391. The van der Waals surface area contributed by atoms with Gasteiger partial charge in [-0.3, -0.25) is 4.79 Å². The summed E-state index contributed by atoms with van der Waals surface area (Å²) in [4.78, 5) is 26.9. The van der Waals surface area contributed by atoms with Crippen LogP contribution in [-0.2, 0) is 14.3 Å². The number of benzene rings is 2. The highest BCUT2D eigenvalue weighted by molar-refractivity contribution is 6.04. The van der Waals surface area contributed by atoms with Gasteiger partial charge in [0.2, 0.25) is 0 Å². The smallest absolute Gasteiger partial charge is 0.336 e. The van der Waals surface area contributed by atoms with E-state index in [0.29, 0.717) is 53.4 Å². The minimum atomic E-state index is -0.610. The van der Waals surface area contributed by atoms with Crippen molar-refractivity contribution >= 4 is 11.8 Å². The van der Waals surface area contributed by atoms with Crippen molar-refractivity contribution in [2.24, 2.45) is 0 Å². The Kier molecular flexibility index (Phi) is 7.67. The first kappa shape index (κ1) is 25.4. The van der Waals surface area contributed by atoms with E-state index in [2.05, 4.69) is 5.32 Å². The number of aromatic hydroxyl groups is 1. The summed E-state index contributed by atoms with van der Waals surface area (Å²) in [5.74, 6) is 0.181. The fourth-order valence-electron chi connectivity index (χ4n) is 5.08. The predicted molar refractivity (Wildman–Crippen MR) is 136 cm³/mol. The molecular formula is C29H33NO6. The Morgan fingerprint density at radius 1 is 1.06 bits per heavy atom. The number of hydrogen-bond acceptors (Lipinski definition) is 7. The van der Waals surface area contributed by atoms with Crippen molar-refractivity contribution in [3.8, 4) is 17.2 Å². The van der Waals surface area contributed by atoms with Crippen LogP contribution in [0.3, 0.4) is 0 Å². The van der Waals surface area contributed by atoms with E-state index >= 15 is 0 Å². The third-order valence-electron chi connectivity index (χ3n) is 6.86. The van der Waals surface area contributed by atoms with Crippen LogP contribution in [-0.4, -0.2) is 37.7 Å². The number of carbonyl (C=O) groups is 2. The van der Waals surface area contributed by atoms with Crippen LogP contribution >= 0.6 is 0 Å². The highest BCUT2D eigenvalue weighted by Gasteiger charge is 2.41. The normalized spacial score (nSPS) is 19.5. The summed E-state index contributed by atoms with van der Waals surface area (Å²) in [5.41, 5.74) is 4.09. The van der Waals surface area contributed by atoms with E-state index in [0.717, 1.165) is 24.1 Å². The molecule has 0 bridgehead atoms. The third-order valence-corrected chi connectivity index (χ3v) is 6.86. The van der Waals surface area contributed by atoms with Crippen molar-refractivity contribution in [1.29, 1.82) is 0 Å². The first-order chi connectivity index (χ1) is 17.4. The topological polar surface area (TPSA) is 94.1 Å². The lowest BCUT2D eigenvalue weighted by atomic mass is 9.71. The molecule has 2 aliphatic rings. The Hall–Kier alpha value is -3.74. The van der Waals surface area contributed by atoms with Crippen molar-refractivity contribution in [2.45, 2.75) is 51.4 Å². The van der Waals surface area contributed by atoms with Crippen molar-refractivity contribution in [3.63, 3.8) is 0 Å². The summed E-state index contributed by atoms with van der Waals surface area (Å²) in [6, 6.07) is 12.5. The van der Waals surface area contributed by atoms with Crippen molar-refractivity contribution < 1.29 is 28.9 Å². The summed E-state index contributed by atoms with van der Waals surface area (Å²) in [5, 5.41) is 13.5. The highest BCUT2D eigenvalue weighted by Crippen LogP contribution is 2.46. The van der Waals surface area contributed by atoms with Gasteiger partial charge in [-0.2, -0.15) is 0 Å². The van der Waals surface area contributed by atoms with Gasteiger partial charge in [-0.25, -0.2) is 4.79 Å². The number of esters is 1. The van der Waals surface area contributed by atoms with Crippen LogP contribution in [0.5, 0.6) is 17.2 Å². The van der Waals surface area contributed by atoms with Crippen molar-refractivity contribution in [2.75, 3.05) is 20.8 Å². The first-order valence-corrected chi connectivity index (χ1v) is 12.3. The predicted octanol–water partition coefficient (Wildman–Crippen LogP) is 5.11. The maximum atomic E-state index is 13.7. The lowest BCUT2D eigenvalue weighted by Gasteiger charge is -2.36. The summed E-state index contributed by atoms with van der Waals surface area (Å²) in [6.07, 6.45) is 2.57. The number of rotatable bonds is 8.